The first-order chi connectivity index (χ1) is 15.8. The van der Waals surface area contributed by atoms with Gasteiger partial charge in [0.2, 0.25) is 10.0 Å². The molecule has 33 heavy (non-hydrogen) atoms. The summed E-state index contributed by atoms with van der Waals surface area (Å²) in [5.41, 5.74) is 1.17. The largest absolute Gasteiger partial charge is 0.468 e. The molecule has 172 valence electrons. The molecule has 0 unspecified atom stereocenters. The second-order valence-corrected chi connectivity index (χ2v) is 9.25. The predicted molar refractivity (Wildman–Crippen MR) is 120 cm³/mol. The van der Waals surface area contributed by atoms with Crippen LogP contribution in [0.15, 0.2) is 76.2 Å². The molecular weight excluding hydrogens is 448 g/mol. The lowest BCUT2D eigenvalue weighted by Gasteiger charge is -2.36. The number of anilines is 1. The zero-order chi connectivity index (χ0) is 23.4. The van der Waals surface area contributed by atoms with Crippen LogP contribution in [0, 0.1) is 10.1 Å². The Morgan fingerprint density at radius 3 is 2.39 bits per heavy atom. The highest BCUT2D eigenvalue weighted by Crippen LogP contribution is 2.21. The number of carbonyl (C=O) groups is 1. The minimum Gasteiger partial charge on any atom is -0.468 e. The van der Waals surface area contributed by atoms with E-state index in [-0.39, 0.29) is 23.0 Å². The minimum absolute atomic E-state index is 0.00409. The number of sulfonamides is 1. The van der Waals surface area contributed by atoms with Crippen LogP contribution in [0.5, 0.6) is 0 Å². The van der Waals surface area contributed by atoms with Gasteiger partial charge >= 0.3 is 0 Å². The Kier molecular flexibility index (Phi) is 6.43. The molecule has 2 aromatic carbocycles. The Balaban J connectivity index is 1.39. The molecule has 0 radical (unpaired) electrons. The maximum absolute atomic E-state index is 13.0. The third kappa shape index (κ3) is 5.21. The quantitative estimate of drug-likeness (QED) is 0.415. The van der Waals surface area contributed by atoms with Crippen LogP contribution < -0.4 is 9.62 Å². The first-order valence-electron chi connectivity index (χ1n) is 10.2. The van der Waals surface area contributed by atoms with E-state index in [1.807, 2.05) is 4.90 Å². The zero-order valence-corrected chi connectivity index (χ0v) is 18.4. The third-order valence-corrected chi connectivity index (χ3v) is 6.80. The first kappa shape index (κ1) is 22.5. The second kappa shape index (κ2) is 9.43. The molecule has 1 N–H and O–H groups in total. The molecule has 1 fully saturated rings. The minimum atomic E-state index is -3.81. The van der Waals surface area contributed by atoms with Crippen molar-refractivity contribution >= 4 is 27.3 Å². The molecule has 11 heteroatoms. The van der Waals surface area contributed by atoms with Crippen LogP contribution in [-0.4, -0.2) is 50.3 Å². The Morgan fingerprint density at radius 2 is 1.76 bits per heavy atom. The molecule has 4 rings (SSSR count). The molecule has 0 aliphatic carbocycles. The number of nitrogens with zero attached hydrogens (tertiary/aromatic N) is 3. The van der Waals surface area contributed by atoms with Crippen LogP contribution in [0.25, 0.3) is 0 Å². The zero-order valence-electron chi connectivity index (χ0n) is 17.6. The van der Waals surface area contributed by atoms with Gasteiger partial charge in [-0.3, -0.25) is 14.9 Å². The van der Waals surface area contributed by atoms with Crippen LogP contribution in [0.4, 0.5) is 11.4 Å². The monoisotopic (exact) mass is 470 g/mol. The van der Waals surface area contributed by atoms with E-state index in [1.165, 1.54) is 30.5 Å². The van der Waals surface area contributed by atoms with E-state index in [4.69, 9.17) is 4.42 Å². The summed E-state index contributed by atoms with van der Waals surface area (Å²) in [6.45, 7) is 2.03. The number of non-ortho nitro benzene ring substituents is 1. The van der Waals surface area contributed by atoms with Crippen molar-refractivity contribution in [2.24, 2.45) is 0 Å². The van der Waals surface area contributed by atoms with Gasteiger partial charge in [-0.1, -0.05) is 6.07 Å². The molecule has 10 nitrogen and oxygen atoms in total. The van der Waals surface area contributed by atoms with Gasteiger partial charge in [-0.15, -0.1) is 0 Å². The maximum Gasteiger partial charge on any atom is 0.269 e. The topological polar surface area (TPSA) is 126 Å². The average molecular weight is 471 g/mol. The second-order valence-electron chi connectivity index (χ2n) is 7.48. The number of nitrogens with one attached hydrogen (secondary N) is 1. The van der Waals surface area contributed by atoms with Crippen molar-refractivity contribution in [2.45, 2.75) is 11.4 Å². The SMILES string of the molecule is O=C(c1cccc(S(=O)(=O)NCc2ccco2)c1)N1CCN(c2ccc([N+](=O)[O-])cc2)CC1. The highest BCUT2D eigenvalue weighted by Gasteiger charge is 2.24. The van der Waals surface area contributed by atoms with E-state index in [2.05, 4.69) is 4.72 Å². The molecule has 3 aromatic rings. The average Bonchev–Trinajstić information content (AvgIpc) is 3.36. The van der Waals surface area contributed by atoms with Gasteiger partial charge in [-0.25, -0.2) is 13.1 Å². The number of amides is 1. The smallest absolute Gasteiger partial charge is 0.269 e. The summed E-state index contributed by atoms with van der Waals surface area (Å²) >= 11 is 0. The Labute approximate surface area is 190 Å². The highest BCUT2D eigenvalue weighted by molar-refractivity contribution is 7.89. The van der Waals surface area contributed by atoms with Crippen molar-refractivity contribution in [1.82, 2.24) is 9.62 Å². The lowest BCUT2D eigenvalue weighted by atomic mass is 10.1. The molecule has 1 amide bonds. The van der Waals surface area contributed by atoms with E-state index in [1.54, 1.807) is 41.3 Å². The van der Waals surface area contributed by atoms with Gasteiger partial charge in [0.05, 0.1) is 22.6 Å². The summed E-state index contributed by atoms with van der Waals surface area (Å²) in [7, 11) is -3.81. The summed E-state index contributed by atoms with van der Waals surface area (Å²) in [5.74, 6) is 0.234. The molecule has 0 saturated carbocycles. The van der Waals surface area contributed by atoms with Crippen molar-refractivity contribution in [2.75, 3.05) is 31.1 Å². The maximum atomic E-state index is 13.0. The van der Waals surface area contributed by atoms with Crippen molar-refractivity contribution in [1.29, 1.82) is 0 Å². The number of carbonyl (C=O) groups excluding carboxylic acids is 1. The fourth-order valence-electron chi connectivity index (χ4n) is 3.59. The van der Waals surface area contributed by atoms with Gasteiger partial charge in [-0.05, 0) is 42.5 Å². The van der Waals surface area contributed by atoms with E-state index < -0.39 is 14.9 Å². The number of benzene rings is 2. The molecular formula is C22H22N4O6S. The standard InChI is InChI=1S/C22H22N4O6S/c27-22(25-12-10-24(11-13-25)18-6-8-19(9-7-18)26(28)29)17-3-1-5-21(15-17)33(30,31)23-16-20-4-2-14-32-20/h1-9,14-15,23H,10-13,16H2. The molecule has 0 spiro atoms. The number of hydrogen-bond acceptors (Lipinski definition) is 7. The van der Waals surface area contributed by atoms with Gasteiger partial charge in [0.1, 0.15) is 5.76 Å². The molecule has 1 aliphatic heterocycles. The van der Waals surface area contributed by atoms with Crippen molar-refractivity contribution in [3.05, 3.63) is 88.4 Å². The van der Waals surface area contributed by atoms with Crippen molar-refractivity contribution < 1.29 is 22.6 Å². The van der Waals surface area contributed by atoms with Crippen LogP contribution in [0.1, 0.15) is 16.1 Å². The summed E-state index contributed by atoms with van der Waals surface area (Å²) < 4.78 is 32.8. The summed E-state index contributed by atoms with van der Waals surface area (Å²) in [5, 5.41) is 10.8. The van der Waals surface area contributed by atoms with E-state index >= 15 is 0 Å². The van der Waals surface area contributed by atoms with Crippen LogP contribution in [-0.2, 0) is 16.6 Å². The fraction of sp³-hybridized carbons (Fsp3) is 0.227. The van der Waals surface area contributed by atoms with Gasteiger partial charge < -0.3 is 14.2 Å². The van der Waals surface area contributed by atoms with E-state index in [9.17, 15) is 23.3 Å². The van der Waals surface area contributed by atoms with Crippen molar-refractivity contribution in [3.8, 4) is 0 Å². The van der Waals surface area contributed by atoms with Crippen molar-refractivity contribution in [3.63, 3.8) is 0 Å². The Hall–Kier alpha value is -3.70. The molecule has 2 heterocycles. The van der Waals surface area contributed by atoms with Crippen LogP contribution in [0.2, 0.25) is 0 Å². The van der Waals surface area contributed by atoms with Gasteiger partial charge in [0.25, 0.3) is 11.6 Å². The number of hydrogen-bond donors (Lipinski definition) is 1. The van der Waals surface area contributed by atoms with Gasteiger partial charge in [-0.2, -0.15) is 0 Å². The summed E-state index contributed by atoms with van der Waals surface area (Å²) in [4.78, 5) is 27.1. The Morgan fingerprint density at radius 1 is 1.03 bits per heavy atom. The number of nitro groups is 1. The first-order valence-corrected chi connectivity index (χ1v) is 11.7. The molecule has 0 atom stereocenters. The lowest BCUT2D eigenvalue weighted by Crippen LogP contribution is -2.48. The van der Waals surface area contributed by atoms with Gasteiger partial charge in [0.15, 0.2) is 0 Å². The molecule has 1 saturated heterocycles. The number of nitro benzene ring substituents is 1. The molecule has 1 aliphatic rings. The predicted octanol–water partition coefficient (Wildman–Crippen LogP) is 2.63. The Bertz CT molecular complexity index is 1230. The van der Waals surface area contributed by atoms with Gasteiger partial charge in [0, 0.05) is 49.6 Å². The van der Waals surface area contributed by atoms with Crippen LogP contribution >= 0.6 is 0 Å². The van der Waals surface area contributed by atoms with Crippen LogP contribution in [0.3, 0.4) is 0 Å². The fourth-order valence-corrected chi connectivity index (χ4v) is 4.63. The highest BCUT2D eigenvalue weighted by atomic mass is 32.2. The van der Waals surface area contributed by atoms with E-state index in [0.29, 0.717) is 37.5 Å². The number of furan rings is 1. The van der Waals surface area contributed by atoms with E-state index in [0.717, 1.165) is 5.69 Å². The number of rotatable bonds is 7. The molecule has 0 bridgehead atoms. The lowest BCUT2D eigenvalue weighted by molar-refractivity contribution is -0.384. The molecule has 1 aromatic heterocycles. The number of piperazine rings is 1. The summed E-state index contributed by atoms with van der Waals surface area (Å²) in [6.07, 6.45) is 1.46. The third-order valence-electron chi connectivity index (χ3n) is 5.40. The summed E-state index contributed by atoms with van der Waals surface area (Å²) in [6, 6.07) is 15.6. The normalized spacial score (nSPS) is 14.3.